The summed E-state index contributed by atoms with van der Waals surface area (Å²) in [5, 5.41) is 13.8. The highest BCUT2D eigenvalue weighted by Crippen LogP contribution is 2.11. The van der Waals surface area contributed by atoms with Crippen molar-refractivity contribution in [2.45, 2.75) is 13.5 Å². The van der Waals surface area contributed by atoms with E-state index in [9.17, 15) is 9.18 Å². The van der Waals surface area contributed by atoms with E-state index in [0.717, 1.165) is 11.1 Å². The van der Waals surface area contributed by atoms with Crippen LogP contribution in [0.25, 0.3) is 0 Å². The van der Waals surface area contributed by atoms with Crippen molar-refractivity contribution in [3.8, 4) is 0 Å². The van der Waals surface area contributed by atoms with Gasteiger partial charge in [-0.05, 0) is 48.9 Å². The molecule has 2 N–H and O–H groups in total. The van der Waals surface area contributed by atoms with Gasteiger partial charge < -0.3 is 10.6 Å². The van der Waals surface area contributed by atoms with Gasteiger partial charge >= 0.3 is 0 Å². The Morgan fingerprint density at radius 2 is 1.72 bits per heavy atom. The van der Waals surface area contributed by atoms with Crippen molar-refractivity contribution in [2.75, 3.05) is 10.6 Å². The first kappa shape index (κ1) is 16.6. The van der Waals surface area contributed by atoms with Crippen LogP contribution in [-0.4, -0.2) is 16.1 Å². The zero-order chi connectivity index (χ0) is 17.6. The quantitative estimate of drug-likeness (QED) is 0.744. The fraction of sp³-hybridized carbons (Fsp3) is 0.105. The van der Waals surface area contributed by atoms with Crippen molar-refractivity contribution in [1.82, 2.24) is 10.2 Å². The number of carbonyl (C=O) groups excluding carboxylic acids is 1. The number of carbonyl (C=O) groups is 1. The second-order valence-electron chi connectivity index (χ2n) is 5.61. The predicted molar refractivity (Wildman–Crippen MR) is 94.9 cm³/mol. The number of anilines is 2. The second-order valence-corrected chi connectivity index (χ2v) is 5.61. The average molecular weight is 336 g/mol. The molecule has 0 aliphatic carbocycles. The lowest BCUT2D eigenvalue weighted by molar-refractivity contribution is 0.102. The van der Waals surface area contributed by atoms with Crippen molar-refractivity contribution >= 4 is 17.5 Å². The molecule has 3 rings (SSSR count). The molecule has 0 aliphatic heterocycles. The minimum atomic E-state index is -0.266. The summed E-state index contributed by atoms with van der Waals surface area (Å²) in [5.74, 6) is 0.444. The number of halogens is 1. The van der Waals surface area contributed by atoms with Crippen LogP contribution in [0.5, 0.6) is 0 Å². The topological polar surface area (TPSA) is 66.9 Å². The van der Waals surface area contributed by atoms with Gasteiger partial charge in [0.1, 0.15) is 11.6 Å². The van der Waals surface area contributed by atoms with Crippen LogP contribution < -0.4 is 10.6 Å². The van der Waals surface area contributed by atoms with Crippen molar-refractivity contribution < 1.29 is 9.18 Å². The van der Waals surface area contributed by atoms with E-state index >= 15 is 0 Å². The van der Waals surface area contributed by atoms with E-state index in [2.05, 4.69) is 20.8 Å². The molecule has 0 saturated carbocycles. The van der Waals surface area contributed by atoms with Gasteiger partial charge in [-0.1, -0.05) is 29.8 Å². The van der Waals surface area contributed by atoms with Crippen LogP contribution in [0.2, 0.25) is 0 Å². The minimum Gasteiger partial charge on any atom is -0.365 e. The summed E-state index contributed by atoms with van der Waals surface area (Å²) >= 11 is 0. The van der Waals surface area contributed by atoms with Gasteiger partial charge in [0.25, 0.3) is 5.91 Å². The molecular weight excluding hydrogens is 319 g/mol. The van der Waals surface area contributed by atoms with Gasteiger partial charge in [-0.15, -0.1) is 10.2 Å². The van der Waals surface area contributed by atoms with Gasteiger partial charge in [0, 0.05) is 12.1 Å². The van der Waals surface area contributed by atoms with E-state index in [0.29, 0.717) is 23.7 Å². The molecule has 0 saturated heterocycles. The van der Waals surface area contributed by atoms with E-state index < -0.39 is 0 Å². The van der Waals surface area contributed by atoms with Gasteiger partial charge in [-0.3, -0.25) is 4.79 Å². The Morgan fingerprint density at radius 3 is 2.40 bits per heavy atom. The van der Waals surface area contributed by atoms with Crippen LogP contribution in [0.4, 0.5) is 16.0 Å². The van der Waals surface area contributed by atoms with E-state index in [1.807, 2.05) is 19.1 Å². The van der Waals surface area contributed by atoms with Gasteiger partial charge in [0.2, 0.25) is 0 Å². The van der Waals surface area contributed by atoms with Crippen molar-refractivity contribution in [3.63, 3.8) is 0 Å². The number of nitrogens with zero attached hydrogens (tertiary/aromatic N) is 2. The van der Waals surface area contributed by atoms with Gasteiger partial charge in [-0.2, -0.15) is 0 Å². The first-order valence-corrected chi connectivity index (χ1v) is 7.80. The Kier molecular flexibility index (Phi) is 4.99. The van der Waals surface area contributed by atoms with E-state index in [1.165, 1.54) is 12.1 Å². The van der Waals surface area contributed by atoms with E-state index in [1.54, 1.807) is 36.4 Å². The lowest BCUT2D eigenvalue weighted by Gasteiger charge is -2.07. The third kappa shape index (κ3) is 4.60. The number of aromatic nitrogens is 2. The monoisotopic (exact) mass is 336 g/mol. The smallest absolute Gasteiger partial charge is 0.256 e. The molecule has 6 heteroatoms. The summed E-state index contributed by atoms with van der Waals surface area (Å²) in [7, 11) is 0. The lowest BCUT2D eigenvalue weighted by atomic mass is 10.1. The molecule has 0 bridgehead atoms. The molecule has 5 nitrogen and oxygen atoms in total. The Balaban J connectivity index is 1.58. The SMILES string of the molecule is Cc1cccc(C(=O)Nc2ccc(NCc3ccc(F)cc3)nn2)c1. The fourth-order valence-electron chi connectivity index (χ4n) is 2.26. The molecule has 1 heterocycles. The Labute approximate surface area is 144 Å². The minimum absolute atomic E-state index is 0.231. The van der Waals surface area contributed by atoms with Crippen LogP contribution in [-0.2, 0) is 6.54 Å². The molecular formula is C19H17FN4O. The van der Waals surface area contributed by atoms with E-state index in [-0.39, 0.29) is 11.7 Å². The maximum Gasteiger partial charge on any atom is 0.256 e. The maximum atomic E-state index is 12.9. The number of nitrogens with one attached hydrogen (secondary N) is 2. The molecule has 0 aliphatic rings. The van der Waals surface area contributed by atoms with Crippen molar-refractivity contribution in [3.05, 3.63) is 83.2 Å². The number of hydrogen-bond donors (Lipinski definition) is 2. The standard InChI is InChI=1S/C19H17FN4O/c1-13-3-2-4-15(11-13)19(25)22-18-10-9-17(23-24-18)21-12-14-5-7-16(20)8-6-14/h2-11H,12H2,1H3,(H,21,23)(H,22,24,25). The molecule has 1 aromatic heterocycles. The maximum absolute atomic E-state index is 12.9. The molecule has 0 atom stereocenters. The summed E-state index contributed by atoms with van der Waals surface area (Å²) in [4.78, 5) is 12.2. The Bertz CT molecular complexity index is 863. The normalized spacial score (nSPS) is 10.3. The average Bonchev–Trinajstić information content (AvgIpc) is 2.62. The number of benzene rings is 2. The fourth-order valence-corrected chi connectivity index (χ4v) is 2.26. The highest BCUT2D eigenvalue weighted by atomic mass is 19.1. The molecule has 25 heavy (non-hydrogen) atoms. The van der Waals surface area contributed by atoms with Gasteiger partial charge in [0.05, 0.1) is 0 Å². The molecule has 126 valence electrons. The summed E-state index contributed by atoms with van der Waals surface area (Å²) in [6.45, 7) is 2.43. The highest BCUT2D eigenvalue weighted by Gasteiger charge is 2.07. The molecule has 3 aromatic rings. The number of hydrogen-bond acceptors (Lipinski definition) is 4. The first-order chi connectivity index (χ1) is 12.1. The zero-order valence-electron chi connectivity index (χ0n) is 13.7. The number of rotatable bonds is 5. The van der Waals surface area contributed by atoms with Crippen LogP contribution in [0.3, 0.4) is 0 Å². The first-order valence-electron chi connectivity index (χ1n) is 7.80. The molecule has 0 unspecified atom stereocenters. The second kappa shape index (κ2) is 7.53. The van der Waals surface area contributed by atoms with Crippen molar-refractivity contribution in [2.24, 2.45) is 0 Å². The summed E-state index contributed by atoms with van der Waals surface area (Å²) in [6.07, 6.45) is 0. The summed E-state index contributed by atoms with van der Waals surface area (Å²) in [6, 6.07) is 16.9. The molecule has 0 spiro atoms. The van der Waals surface area contributed by atoms with Crippen LogP contribution >= 0.6 is 0 Å². The van der Waals surface area contributed by atoms with Crippen molar-refractivity contribution in [1.29, 1.82) is 0 Å². The third-order valence-electron chi connectivity index (χ3n) is 3.57. The van der Waals surface area contributed by atoms with Gasteiger partial charge in [-0.25, -0.2) is 4.39 Å². The number of aryl methyl sites for hydroxylation is 1. The number of amides is 1. The molecule has 0 radical (unpaired) electrons. The third-order valence-corrected chi connectivity index (χ3v) is 3.57. The van der Waals surface area contributed by atoms with Crippen LogP contribution in [0, 0.1) is 12.7 Å². The molecule has 2 aromatic carbocycles. The largest absolute Gasteiger partial charge is 0.365 e. The summed E-state index contributed by atoms with van der Waals surface area (Å²) in [5.41, 5.74) is 2.51. The Hall–Kier alpha value is -3.28. The molecule has 0 fully saturated rings. The lowest BCUT2D eigenvalue weighted by Crippen LogP contribution is -2.13. The molecule has 1 amide bonds. The van der Waals surface area contributed by atoms with Gasteiger partial charge in [0.15, 0.2) is 5.82 Å². The van der Waals surface area contributed by atoms with Crippen LogP contribution in [0.1, 0.15) is 21.5 Å². The van der Waals surface area contributed by atoms with E-state index in [4.69, 9.17) is 0 Å². The zero-order valence-corrected chi connectivity index (χ0v) is 13.7. The highest BCUT2D eigenvalue weighted by molar-refractivity contribution is 6.03. The van der Waals surface area contributed by atoms with Crippen LogP contribution in [0.15, 0.2) is 60.7 Å². The summed E-state index contributed by atoms with van der Waals surface area (Å²) < 4.78 is 12.9. The Morgan fingerprint density at radius 1 is 1.00 bits per heavy atom. The predicted octanol–water partition coefficient (Wildman–Crippen LogP) is 3.79.